The molecule has 1 aliphatic rings. The fourth-order valence-corrected chi connectivity index (χ4v) is 4.01. The van der Waals surface area contributed by atoms with Crippen molar-refractivity contribution in [1.82, 2.24) is 15.2 Å². The highest BCUT2D eigenvalue weighted by Crippen LogP contribution is 2.26. The predicted molar refractivity (Wildman–Crippen MR) is 122 cm³/mol. The number of aromatic hydroxyl groups is 1. The second-order valence-corrected chi connectivity index (χ2v) is 7.88. The van der Waals surface area contributed by atoms with Crippen LogP contribution in [0.2, 0.25) is 0 Å². The van der Waals surface area contributed by atoms with E-state index >= 15 is 0 Å². The first-order valence-electron chi connectivity index (χ1n) is 10.6. The highest BCUT2D eigenvalue weighted by molar-refractivity contribution is 5.91. The van der Waals surface area contributed by atoms with Gasteiger partial charge in [0.05, 0.1) is 0 Å². The number of hydrogen-bond acceptors (Lipinski definition) is 4. The molecule has 2 N–H and O–H groups in total. The largest absolute Gasteiger partial charge is 0.508 e. The number of amides is 1. The van der Waals surface area contributed by atoms with Crippen LogP contribution in [0.3, 0.4) is 0 Å². The normalized spacial score (nSPS) is 13.8. The molecule has 0 aliphatic carbocycles. The summed E-state index contributed by atoms with van der Waals surface area (Å²) in [4.78, 5) is 19.2. The lowest BCUT2D eigenvalue weighted by atomic mass is 9.94. The topological polar surface area (TPSA) is 65.5 Å². The molecule has 2 heterocycles. The highest BCUT2D eigenvalue weighted by atomic mass is 16.3. The van der Waals surface area contributed by atoms with E-state index in [1.807, 2.05) is 67.7 Å². The summed E-state index contributed by atoms with van der Waals surface area (Å²) in [7, 11) is 0. The van der Waals surface area contributed by atoms with Crippen LogP contribution in [0.5, 0.6) is 5.75 Å². The molecule has 0 fully saturated rings. The van der Waals surface area contributed by atoms with Gasteiger partial charge in [-0.1, -0.05) is 48.5 Å². The lowest BCUT2D eigenvalue weighted by Gasteiger charge is -2.30. The SMILES string of the molecule is Cc1ncc2c(c1CNC(=O)/C=C/c1ccccc1)CCN(Cc1ccccc1O)C2. The van der Waals surface area contributed by atoms with Crippen molar-refractivity contribution in [3.63, 3.8) is 0 Å². The van der Waals surface area contributed by atoms with Gasteiger partial charge in [0, 0.05) is 49.7 Å². The van der Waals surface area contributed by atoms with Crippen molar-refractivity contribution in [1.29, 1.82) is 0 Å². The Bertz CT molecular complexity index is 1090. The molecule has 2 aromatic carbocycles. The lowest BCUT2D eigenvalue weighted by molar-refractivity contribution is -0.116. The Morgan fingerprint density at radius 2 is 1.94 bits per heavy atom. The fourth-order valence-electron chi connectivity index (χ4n) is 4.01. The Morgan fingerprint density at radius 3 is 2.74 bits per heavy atom. The van der Waals surface area contributed by atoms with Gasteiger partial charge in [-0.3, -0.25) is 14.7 Å². The summed E-state index contributed by atoms with van der Waals surface area (Å²) >= 11 is 0. The number of rotatable bonds is 6. The van der Waals surface area contributed by atoms with Crippen LogP contribution < -0.4 is 5.32 Å². The monoisotopic (exact) mass is 413 g/mol. The zero-order chi connectivity index (χ0) is 21.6. The van der Waals surface area contributed by atoms with Crippen molar-refractivity contribution in [2.24, 2.45) is 0 Å². The average molecular weight is 414 g/mol. The van der Waals surface area contributed by atoms with Gasteiger partial charge in [0.1, 0.15) is 5.75 Å². The summed E-state index contributed by atoms with van der Waals surface area (Å²) in [5.41, 5.74) is 6.48. The van der Waals surface area contributed by atoms with Crippen LogP contribution in [0, 0.1) is 6.92 Å². The summed E-state index contributed by atoms with van der Waals surface area (Å²) in [5.74, 6) is 0.222. The van der Waals surface area contributed by atoms with Gasteiger partial charge in [-0.25, -0.2) is 0 Å². The molecule has 1 aliphatic heterocycles. The Labute approximate surface area is 183 Å². The van der Waals surface area contributed by atoms with Crippen molar-refractivity contribution in [2.45, 2.75) is 33.0 Å². The Hall–Kier alpha value is -3.44. The molecule has 0 radical (unpaired) electrons. The molecular weight excluding hydrogens is 386 g/mol. The molecule has 1 amide bonds. The first-order chi connectivity index (χ1) is 15.1. The zero-order valence-corrected chi connectivity index (χ0v) is 17.7. The third-order valence-electron chi connectivity index (χ3n) is 5.73. The number of phenols is 1. The van der Waals surface area contributed by atoms with E-state index in [0.29, 0.717) is 18.8 Å². The summed E-state index contributed by atoms with van der Waals surface area (Å²) in [6.07, 6.45) is 6.24. The molecule has 4 rings (SSSR count). The zero-order valence-electron chi connectivity index (χ0n) is 17.7. The van der Waals surface area contributed by atoms with Gasteiger partial charge in [0.15, 0.2) is 0 Å². The van der Waals surface area contributed by atoms with Crippen LogP contribution in [-0.2, 0) is 30.8 Å². The second kappa shape index (κ2) is 9.58. The molecule has 0 atom stereocenters. The number of aromatic nitrogens is 1. The van der Waals surface area contributed by atoms with Crippen molar-refractivity contribution < 1.29 is 9.90 Å². The molecule has 0 spiro atoms. The number of pyridine rings is 1. The van der Waals surface area contributed by atoms with Crippen molar-refractivity contribution >= 4 is 12.0 Å². The van der Waals surface area contributed by atoms with Gasteiger partial charge in [0.2, 0.25) is 5.91 Å². The van der Waals surface area contributed by atoms with Crippen LogP contribution in [0.1, 0.15) is 33.5 Å². The summed E-state index contributed by atoms with van der Waals surface area (Å²) < 4.78 is 0. The molecule has 1 aromatic heterocycles. The number of nitrogens with one attached hydrogen (secondary N) is 1. The maximum Gasteiger partial charge on any atom is 0.244 e. The van der Waals surface area contributed by atoms with E-state index in [0.717, 1.165) is 41.9 Å². The van der Waals surface area contributed by atoms with E-state index in [1.165, 1.54) is 11.1 Å². The van der Waals surface area contributed by atoms with Crippen LogP contribution >= 0.6 is 0 Å². The first kappa shape index (κ1) is 20.8. The van der Waals surface area contributed by atoms with Crippen molar-refractivity contribution in [3.05, 3.63) is 100 Å². The van der Waals surface area contributed by atoms with Gasteiger partial charge in [-0.05, 0) is 47.7 Å². The van der Waals surface area contributed by atoms with Crippen LogP contribution in [0.25, 0.3) is 6.08 Å². The van der Waals surface area contributed by atoms with E-state index in [2.05, 4.69) is 15.2 Å². The number of nitrogens with zero attached hydrogens (tertiary/aromatic N) is 2. The number of carbonyl (C=O) groups is 1. The number of phenolic OH excluding ortho intramolecular Hbond substituents is 1. The van der Waals surface area contributed by atoms with E-state index in [4.69, 9.17) is 0 Å². The summed E-state index contributed by atoms with van der Waals surface area (Å²) in [6.45, 7) is 4.86. The Morgan fingerprint density at radius 1 is 1.16 bits per heavy atom. The molecule has 0 saturated carbocycles. The molecule has 0 saturated heterocycles. The predicted octanol–water partition coefficient (Wildman–Crippen LogP) is 3.98. The third kappa shape index (κ3) is 5.19. The molecule has 3 aromatic rings. The highest BCUT2D eigenvalue weighted by Gasteiger charge is 2.21. The number of para-hydroxylation sites is 1. The standard InChI is InChI=1S/C26H27N3O2/c1-19-24(16-28-26(31)12-11-20-7-3-2-4-8-20)23-13-14-29(18-22(23)15-27-19)17-21-9-5-6-10-25(21)30/h2-12,15,30H,13-14,16-18H2,1H3,(H,28,31)/b12-11+. The van der Waals surface area contributed by atoms with Crippen LogP contribution in [-0.4, -0.2) is 27.4 Å². The molecule has 0 bridgehead atoms. The van der Waals surface area contributed by atoms with Gasteiger partial charge < -0.3 is 10.4 Å². The van der Waals surface area contributed by atoms with E-state index in [1.54, 1.807) is 12.1 Å². The van der Waals surface area contributed by atoms with Crippen LogP contribution in [0.15, 0.2) is 66.9 Å². The lowest BCUT2D eigenvalue weighted by Crippen LogP contribution is -2.32. The maximum atomic E-state index is 12.3. The number of aryl methyl sites for hydroxylation is 1. The maximum absolute atomic E-state index is 12.3. The molecular formula is C26H27N3O2. The molecule has 31 heavy (non-hydrogen) atoms. The van der Waals surface area contributed by atoms with Crippen molar-refractivity contribution in [2.75, 3.05) is 6.54 Å². The Kier molecular flexibility index (Phi) is 6.43. The first-order valence-corrected chi connectivity index (χ1v) is 10.6. The molecule has 5 nitrogen and oxygen atoms in total. The Balaban J connectivity index is 1.42. The average Bonchev–Trinajstić information content (AvgIpc) is 2.79. The summed E-state index contributed by atoms with van der Waals surface area (Å²) in [6, 6.07) is 17.3. The molecule has 158 valence electrons. The minimum Gasteiger partial charge on any atom is -0.508 e. The summed E-state index contributed by atoms with van der Waals surface area (Å²) in [5, 5.41) is 13.1. The number of fused-ring (bicyclic) bond motifs is 1. The van der Waals surface area contributed by atoms with Gasteiger partial charge in [0.25, 0.3) is 0 Å². The second-order valence-electron chi connectivity index (χ2n) is 7.88. The van der Waals surface area contributed by atoms with Gasteiger partial charge in [-0.15, -0.1) is 0 Å². The van der Waals surface area contributed by atoms with E-state index in [9.17, 15) is 9.90 Å². The van der Waals surface area contributed by atoms with Crippen molar-refractivity contribution in [3.8, 4) is 5.75 Å². The minimum absolute atomic E-state index is 0.113. The fraction of sp³-hybridized carbons (Fsp3) is 0.231. The minimum atomic E-state index is -0.113. The number of benzene rings is 2. The van der Waals surface area contributed by atoms with E-state index < -0.39 is 0 Å². The number of hydrogen-bond donors (Lipinski definition) is 2. The van der Waals surface area contributed by atoms with Gasteiger partial charge >= 0.3 is 0 Å². The molecule has 5 heteroatoms. The van der Waals surface area contributed by atoms with Gasteiger partial charge in [-0.2, -0.15) is 0 Å². The smallest absolute Gasteiger partial charge is 0.244 e. The number of carbonyl (C=O) groups excluding carboxylic acids is 1. The quantitative estimate of drug-likeness (QED) is 0.600. The van der Waals surface area contributed by atoms with Crippen LogP contribution in [0.4, 0.5) is 0 Å². The molecule has 0 unspecified atom stereocenters. The van der Waals surface area contributed by atoms with E-state index in [-0.39, 0.29) is 5.91 Å². The third-order valence-corrected chi connectivity index (χ3v) is 5.73.